The molecule has 2 aliphatic rings. The first-order valence-electron chi connectivity index (χ1n) is 10.5. The number of carbonyl (C=O) groups excluding carboxylic acids is 3. The summed E-state index contributed by atoms with van der Waals surface area (Å²) in [5.74, 6) is -3.10. The number of fused-ring (bicyclic) bond motifs is 1. The Hall–Kier alpha value is -3.62. The Labute approximate surface area is 183 Å². The molecule has 2 aromatic carbocycles. The maximum atomic E-state index is 14.4. The number of carbonyl (C=O) groups is 3. The third kappa shape index (κ3) is 3.86. The molecule has 0 spiro atoms. The number of rotatable bonds is 5. The molecular formula is C23H22FN3O5. The Balaban J connectivity index is 1.74. The largest absolute Gasteiger partial charge is 0.273 e. The van der Waals surface area contributed by atoms with Crippen molar-refractivity contribution in [1.29, 1.82) is 0 Å². The van der Waals surface area contributed by atoms with E-state index in [2.05, 4.69) is 0 Å². The van der Waals surface area contributed by atoms with Crippen LogP contribution in [0.15, 0.2) is 48.5 Å². The smallest absolute Gasteiger partial charge is 0.272 e. The molecule has 3 atom stereocenters. The summed E-state index contributed by atoms with van der Waals surface area (Å²) in [6.07, 6.45) is 1.90. The molecule has 1 aliphatic heterocycles. The third-order valence-electron chi connectivity index (χ3n) is 6.22. The highest BCUT2D eigenvalue weighted by molar-refractivity contribution is 6.07. The number of nitrogens with zero attached hydrogens (tertiary/aromatic N) is 3. The van der Waals surface area contributed by atoms with Crippen molar-refractivity contribution in [2.24, 2.45) is 17.8 Å². The molecule has 2 aromatic rings. The predicted octanol–water partition coefficient (Wildman–Crippen LogP) is 3.71. The van der Waals surface area contributed by atoms with E-state index in [-0.39, 0.29) is 29.3 Å². The van der Waals surface area contributed by atoms with Crippen LogP contribution in [0.25, 0.3) is 0 Å². The second kappa shape index (κ2) is 8.49. The van der Waals surface area contributed by atoms with Crippen LogP contribution in [0, 0.1) is 33.7 Å². The number of hydrogen-bond acceptors (Lipinski definition) is 5. The van der Waals surface area contributed by atoms with Gasteiger partial charge in [0.2, 0.25) is 0 Å². The van der Waals surface area contributed by atoms with Crippen LogP contribution in [0.3, 0.4) is 0 Å². The van der Waals surface area contributed by atoms with Gasteiger partial charge in [-0.25, -0.2) is 9.40 Å². The van der Waals surface area contributed by atoms with E-state index in [0.717, 1.165) is 22.5 Å². The lowest BCUT2D eigenvalue weighted by atomic mass is 9.76. The van der Waals surface area contributed by atoms with Crippen molar-refractivity contribution < 1.29 is 23.7 Å². The number of non-ortho nitro benzene ring substituents is 1. The van der Waals surface area contributed by atoms with Crippen LogP contribution in [0.1, 0.15) is 42.1 Å². The number of amides is 3. The molecule has 1 heterocycles. The molecule has 8 nitrogen and oxygen atoms in total. The van der Waals surface area contributed by atoms with Crippen LogP contribution >= 0.6 is 0 Å². The summed E-state index contributed by atoms with van der Waals surface area (Å²) in [7, 11) is 0. The van der Waals surface area contributed by atoms with E-state index in [9.17, 15) is 28.9 Å². The number of benzene rings is 2. The van der Waals surface area contributed by atoms with Gasteiger partial charge in [-0.3, -0.25) is 24.5 Å². The summed E-state index contributed by atoms with van der Waals surface area (Å²) in [6.45, 7) is 1.66. The number of imide groups is 1. The van der Waals surface area contributed by atoms with Gasteiger partial charge in [-0.15, -0.1) is 0 Å². The van der Waals surface area contributed by atoms with Crippen LogP contribution in [0.2, 0.25) is 0 Å². The van der Waals surface area contributed by atoms with Crippen molar-refractivity contribution in [3.8, 4) is 0 Å². The highest BCUT2D eigenvalue weighted by Crippen LogP contribution is 2.41. The lowest BCUT2D eigenvalue weighted by molar-refractivity contribution is -0.384. The first kappa shape index (κ1) is 21.6. The van der Waals surface area contributed by atoms with Crippen molar-refractivity contribution in [2.45, 2.75) is 32.7 Å². The van der Waals surface area contributed by atoms with Crippen LogP contribution in [0.5, 0.6) is 0 Å². The Morgan fingerprint density at radius 1 is 1.12 bits per heavy atom. The number of nitro benzene ring substituents is 1. The quantitative estimate of drug-likeness (QED) is 0.402. The van der Waals surface area contributed by atoms with Crippen molar-refractivity contribution >= 4 is 23.4 Å². The lowest BCUT2D eigenvalue weighted by Gasteiger charge is -2.30. The van der Waals surface area contributed by atoms with E-state index in [4.69, 9.17) is 0 Å². The van der Waals surface area contributed by atoms with Gasteiger partial charge in [0.05, 0.1) is 23.3 Å². The summed E-state index contributed by atoms with van der Waals surface area (Å²) in [5.41, 5.74) is -0.252. The van der Waals surface area contributed by atoms with Crippen LogP contribution in [0.4, 0.5) is 10.1 Å². The summed E-state index contributed by atoms with van der Waals surface area (Å²) in [6, 6.07) is 10.8. The Bertz CT molecular complexity index is 1100. The van der Waals surface area contributed by atoms with Gasteiger partial charge in [-0.05, 0) is 37.3 Å². The minimum absolute atomic E-state index is 0.0700. The fourth-order valence-electron chi connectivity index (χ4n) is 4.53. The van der Waals surface area contributed by atoms with Gasteiger partial charge < -0.3 is 0 Å². The zero-order chi connectivity index (χ0) is 23.0. The van der Waals surface area contributed by atoms with Gasteiger partial charge in [0.1, 0.15) is 5.82 Å². The van der Waals surface area contributed by atoms with Gasteiger partial charge in [0.15, 0.2) is 0 Å². The molecule has 0 unspecified atom stereocenters. The topological polar surface area (TPSA) is 101 Å². The zero-order valence-electron chi connectivity index (χ0n) is 17.4. The molecule has 0 aromatic heterocycles. The van der Waals surface area contributed by atoms with E-state index >= 15 is 0 Å². The highest BCUT2D eigenvalue weighted by Gasteiger charge is 2.52. The second-order valence-corrected chi connectivity index (χ2v) is 8.38. The Morgan fingerprint density at radius 2 is 1.84 bits per heavy atom. The van der Waals surface area contributed by atoms with Crippen molar-refractivity contribution in [2.75, 3.05) is 0 Å². The lowest BCUT2D eigenvalue weighted by Crippen LogP contribution is -2.50. The second-order valence-electron chi connectivity index (χ2n) is 8.38. The van der Waals surface area contributed by atoms with Crippen molar-refractivity contribution in [3.63, 3.8) is 0 Å². The first-order valence-corrected chi connectivity index (χ1v) is 10.5. The van der Waals surface area contributed by atoms with Crippen LogP contribution in [-0.4, -0.2) is 32.7 Å². The van der Waals surface area contributed by atoms with Crippen LogP contribution < -0.4 is 0 Å². The number of halogens is 1. The van der Waals surface area contributed by atoms with Gasteiger partial charge in [-0.2, -0.15) is 5.01 Å². The van der Waals surface area contributed by atoms with E-state index in [1.807, 2.05) is 6.92 Å². The summed E-state index contributed by atoms with van der Waals surface area (Å²) in [5, 5.41) is 12.9. The Kier molecular flexibility index (Phi) is 5.73. The van der Waals surface area contributed by atoms with Crippen LogP contribution in [-0.2, 0) is 16.1 Å². The minimum Gasteiger partial charge on any atom is -0.272 e. The van der Waals surface area contributed by atoms with E-state index in [1.54, 1.807) is 6.07 Å². The standard InChI is InChI=1S/C23H22FN3O5/c1-14-9-10-18-19(11-14)23(30)26(22(18)29)25(13-16-5-2-3-8-20(16)24)21(28)15-6-4-7-17(12-15)27(31)32/h2-8,12,14,18-19H,9-11,13H2,1H3/t14-,18+,19-/m1/s1. The average Bonchev–Trinajstić information content (AvgIpc) is 3.02. The number of hydrazine groups is 1. The molecule has 166 valence electrons. The summed E-state index contributed by atoms with van der Waals surface area (Å²) >= 11 is 0. The molecular weight excluding hydrogens is 417 g/mol. The minimum atomic E-state index is -0.787. The molecule has 1 aliphatic carbocycles. The zero-order valence-corrected chi connectivity index (χ0v) is 17.4. The normalized spacial score (nSPS) is 22.6. The molecule has 2 fully saturated rings. The first-order chi connectivity index (χ1) is 15.3. The molecule has 9 heteroatoms. The summed E-state index contributed by atoms with van der Waals surface area (Å²) in [4.78, 5) is 50.4. The SMILES string of the molecule is C[C@@H]1CC[C@@H]2C(=O)N(N(Cc3ccccc3F)C(=O)c3cccc([N+](=O)[O-])c3)C(=O)[C@@H]2C1. The molecule has 0 bridgehead atoms. The highest BCUT2D eigenvalue weighted by atomic mass is 19.1. The molecule has 0 radical (unpaired) electrons. The predicted molar refractivity (Wildman–Crippen MR) is 111 cm³/mol. The third-order valence-corrected chi connectivity index (χ3v) is 6.22. The van der Waals surface area contributed by atoms with Gasteiger partial charge in [0.25, 0.3) is 23.4 Å². The fraction of sp³-hybridized carbons (Fsp3) is 0.348. The average molecular weight is 439 g/mol. The van der Waals surface area contributed by atoms with E-state index < -0.39 is 40.3 Å². The number of hydrogen-bond donors (Lipinski definition) is 0. The van der Waals surface area contributed by atoms with Gasteiger partial charge in [-0.1, -0.05) is 31.2 Å². The van der Waals surface area contributed by atoms with E-state index in [1.165, 1.54) is 36.4 Å². The molecule has 1 saturated heterocycles. The van der Waals surface area contributed by atoms with Gasteiger partial charge in [0, 0.05) is 23.3 Å². The monoisotopic (exact) mass is 439 g/mol. The Morgan fingerprint density at radius 3 is 2.56 bits per heavy atom. The molecule has 1 saturated carbocycles. The fourth-order valence-corrected chi connectivity index (χ4v) is 4.53. The number of nitro groups is 1. The summed E-state index contributed by atoms with van der Waals surface area (Å²) < 4.78 is 14.4. The molecule has 3 amide bonds. The van der Waals surface area contributed by atoms with E-state index in [0.29, 0.717) is 12.8 Å². The van der Waals surface area contributed by atoms with Crippen molar-refractivity contribution in [3.05, 3.63) is 75.6 Å². The van der Waals surface area contributed by atoms with Crippen molar-refractivity contribution in [1.82, 2.24) is 10.0 Å². The molecule has 0 N–H and O–H groups in total. The maximum Gasteiger partial charge on any atom is 0.273 e. The maximum absolute atomic E-state index is 14.4. The molecule has 4 rings (SSSR count). The van der Waals surface area contributed by atoms with Gasteiger partial charge >= 0.3 is 0 Å². The molecule has 32 heavy (non-hydrogen) atoms.